The van der Waals surface area contributed by atoms with Gasteiger partial charge in [0.2, 0.25) is 0 Å². The van der Waals surface area contributed by atoms with Crippen LogP contribution in [0.4, 0.5) is 0 Å². The van der Waals surface area contributed by atoms with E-state index >= 15 is 0 Å². The third-order valence-electron chi connectivity index (χ3n) is 3.13. The van der Waals surface area contributed by atoms with Gasteiger partial charge in [0.05, 0.1) is 10.2 Å². The molecule has 0 saturated heterocycles. The van der Waals surface area contributed by atoms with Crippen molar-refractivity contribution in [2.24, 2.45) is 5.10 Å². The van der Waals surface area contributed by atoms with Crippen LogP contribution in [0.1, 0.15) is 28.4 Å². The Morgan fingerprint density at radius 1 is 1.18 bits per heavy atom. The average molecular weight is 426 g/mol. The molecule has 0 fully saturated rings. The largest absolute Gasteiger partial charge is 0.506 e. The number of halogens is 2. The van der Waals surface area contributed by atoms with Gasteiger partial charge >= 0.3 is 0 Å². The van der Waals surface area contributed by atoms with Crippen LogP contribution in [0.25, 0.3) is 0 Å². The van der Waals surface area contributed by atoms with Crippen molar-refractivity contribution < 1.29 is 9.90 Å². The first kappa shape index (κ1) is 16.7. The van der Waals surface area contributed by atoms with Crippen molar-refractivity contribution in [2.75, 3.05) is 0 Å². The zero-order valence-electron chi connectivity index (χ0n) is 12.0. The fourth-order valence-corrected chi connectivity index (χ4v) is 3.15. The molecule has 0 saturated carbocycles. The maximum Gasteiger partial charge on any atom is 0.271 e. The van der Waals surface area contributed by atoms with E-state index in [2.05, 4.69) is 42.4 Å². The number of phenolic OH excluding ortho intramolecular Hbond substituents is 1. The molecular formula is C16H14Br2N2O2. The molecule has 22 heavy (non-hydrogen) atoms. The Labute approximate surface area is 145 Å². The van der Waals surface area contributed by atoms with Crippen molar-refractivity contribution in [1.29, 1.82) is 0 Å². The molecule has 0 heterocycles. The van der Waals surface area contributed by atoms with Crippen molar-refractivity contribution in [3.8, 4) is 5.75 Å². The molecule has 2 aromatic rings. The van der Waals surface area contributed by atoms with Crippen LogP contribution in [-0.2, 0) is 0 Å². The molecule has 4 nitrogen and oxygen atoms in total. The number of benzene rings is 2. The number of hydrazone groups is 1. The summed E-state index contributed by atoms with van der Waals surface area (Å²) in [5.41, 5.74) is 4.99. The number of nitrogens with one attached hydrogen (secondary N) is 1. The normalized spacial score (nSPS) is 11.4. The SMILES string of the molecule is C/C(=N\NC(=O)c1ccccc1C)c1cc(Br)cc(Br)c1O. The molecule has 114 valence electrons. The van der Waals surface area contributed by atoms with Crippen molar-refractivity contribution >= 4 is 43.5 Å². The predicted molar refractivity (Wildman–Crippen MR) is 94.4 cm³/mol. The molecule has 0 unspecified atom stereocenters. The second-order valence-electron chi connectivity index (χ2n) is 4.74. The maximum atomic E-state index is 12.1. The molecule has 0 aliphatic carbocycles. The van der Waals surface area contributed by atoms with E-state index in [1.165, 1.54) is 0 Å². The van der Waals surface area contributed by atoms with Crippen molar-refractivity contribution in [1.82, 2.24) is 5.43 Å². The summed E-state index contributed by atoms with van der Waals surface area (Å²) in [7, 11) is 0. The molecule has 0 aliphatic rings. The Balaban J connectivity index is 2.24. The highest BCUT2D eigenvalue weighted by atomic mass is 79.9. The summed E-state index contributed by atoms with van der Waals surface area (Å²) in [6.45, 7) is 3.58. The second kappa shape index (κ2) is 7.07. The maximum absolute atomic E-state index is 12.1. The molecule has 6 heteroatoms. The minimum absolute atomic E-state index is 0.0783. The van der Waals surface area contributed by atoms with Gasteiger partial charge in [0.25, 0.3) is 5.91 Å². The van der Waals surface area contributed by atoms with Gasteiger partial charge < -0.3 is 5.11 Å². The first-order chi connectivity index (χ1) is 10.4. The number of aromatic hydroxyl groups is 1. The fourth-order valence-electron chi connectivity index (χ4n) is 1.92. The molecule has 0 atom stereocenters. The van der Waals surface area contributed by atoms with E-state index in [1.807, 2.05) is 19.1 Å². The lowest BCUT2D eigenvalue weighted by molar-refractivity contribution is 0.0954. The topological polar surface area (TPSA) is 61.7 Å². The number of aryl methyl sites for hydroxylation is 1. The lowest BCUT2D eigenvalue weighted by Crippen LogP contribution is -2.20. The lowest BCUT2D eigenvalue weighted by Gasteiger charge is -2.08. The van der Waals surface area contributed by atoms with Crippen molar-refractivity contribution in [3.63, 3.8) is 0 Å². The summed E-state index contributed by atoms with van der Waals surface area (Å²) in [6.07, 6.45) is 0. The lowest BCUT2D eigenvalue weighted by atomic mass is 10.1. The summed E-state index contributed by atoms with van der Waals surface area (Å²) in [5.74, 6) is -0.208. The molecule has 1 amide bonds. The van der Waals surface area contributed by atoms with Crippen LogP contribution in [0.15, 0.2) is 50.4 Å². The van der Waals surface area contributed by atoms with Gasteiger partial charge in [0.15, 0.2) is 0 Å². The van der Waals surface area contributed by atoms with Crippen LogP contribution in [0, 0.1) is 6.92 Å². The Hall–Kier alpha value is -1.66. The van der Waals surface area contributed by atoms with Gasteiger partial charge in [-0.15, -0.1) is 0 Å². The summed E-state index contributed by atoms with van der Waals surface area (Å²) < 4.78 is 1.35. The summed E-state index contributed by atoms with van der Waals surface area (Å²) in [4.78, 5) is 12.1. The van der Waals surface area contributed by atoms with E-state index in [0.717, 1.165) is 10.0 Å². The van der Waals surface area contributed by atoms with Crippen LogP contribution in [0.3, 0.4) is 0 Å². The van der Waals surface area contributed by atoms with Gasteiger partial charge in [-0.05, 0) is 53.5 Å². The van der Waals surface area contributed by atoms with Crippen LogP contribution in [-0.4, -0.2) is 16.7 Å². The molecule has 2 rings (SSSR count). The Kier molecular flexibility index (Phi) is 5.37. The standard InChI is InChI=1S/C16H14Br2N2O2/c1-9-5-3-4-6-12(9)16(22)20-19-10(2)13-7-11(17)8-14(18)15(13)21/h3-8,21H,1-2H3,(H,20,22)/b19-10+. The number of carbonyl (C=O) groups excluding carboxylic acids is 1. The molecule has 0 aliphatic heterocycles. The summed E-state index contributed by atoms with van der Waals surface area (Å²) >= 11 is 6.63. The van der Waals surface area contributed by atoms with E-state index in [1.54, 1.807) is 31.2 Å². The number of carbonyl (C=O) groups is 1. The van der Waals surface area contributed by atoms with Gasteiger partial charge in [0.1, 0.15) is 5.75 Å². The smallest absolute Gasteiger partial charge is 0.271 e. The van der Waals surface area contributed by atoms with Gasteiger partial charge in [-0.25, -0.2) is 5.43 Å². The van der Waals surface area contributed by atoms with Gasteiger partial charge in [-0.1, -0.05) is 34.1 Å². The molecule has 2 N–H and O–H groups in total. The number of hydrogen-bond acceptors (Lipinski definition) is 3. The molecule has 0 spiro atoms. The van der Waals surface area contributed by atoms with E-state index in [4.69, 9.17) is 0 Å². The Morgan fingerprint density at radius 3 is 2.55 bits per heavy atom. The zero-order chi connectivity index (χ0) is 16.3. The number of phenols is 1. The van der Waals surface area contributed by atoms with Crippen LogP contribution >= 0.6 is 31.9 Å². The highest BCUT2D eigenvalue weighted by molar-refractivity contribution is 9.11. The Morgan fingerprint density at radius 2 is 1.86 bits per heavy atom. The van der Waals surface area contributed by atoms with Crippen LogP contribution < -0.4 is 5.43 Å². The molecular weight excluding hydrogens is 412 g/mol. The number of hydrogen-bond donors (Lipinski definition) is 2. The van der Waals surface area contributed by atoms with Crippen molar-refractivity contribution in [2.45, 2.75) is 13.8 Å². The minimum atomic E-state index is -0.286. The number of nitrogens with zero attached hydrogens (tertiary/aromatic N) is 1. The third-order valence-corrected chi connectivity index (χ3v) is 4.20. The fraction of sp³-hybridized carbons (Fsp3) is 0.125. The van der Waals surface area contributed by atoms with Crippen molar-refractivity contribution in [3.05, 3.63) is 62.0 Å². The van der Waals surface area contributed by atoms with E-state index in [0.29, 0.717) is 21.3 Å². The monoisotopic (exact) mass is 424 g/mol. The first-order valence-corrected chi connectivity index (χ1v) is 8.07. The quantitative estimate of drug-likeness (QED) is 0.566. The number of amides is 1. The highest BCUT2D eigenvalue weighted by Crippen LogP contribution is 2.32. The minimum Gasteiger partial charge on any atom is -0.506 e. The van der Waals surface area contributed by atoms with E-state index in [-0.39, 0.29) is 11.7 Å². The first-order valence-electron chi connectivity index (χ1n) is 6.48. The summed E-state index contributed by atoms with van der Waals surface area (Å²) in [5, 5.41) is 14.1. The zero-order valence-corrected chi connectivity index (χ0v) is 15.2. The Bertz CT molecular complexity index is 758. The predicted octanol–water partition coefficient (Wildman–Crippen LogP) is 4.38. The molecule has 2 aromatic carbocycles. The summed E-state index contributed by atoms with van der Waals surface area (Å²) in [6, 6.07) is 10.7. The van der Waals surface area contributed by atoms with Crippen LogP contribution in [0.5, 0.6) is 5.75 Å². The van der Waals surface area contributed by atoms with Gasteiger partial charge in [-0.3, -0.25) is 4.79 Å². The molecule has 0 aromatic heterocycles. The third kappa shape index (κ3) is 3.75. The molecule has 0 bridgehead atoms. The number of rotatable bonds is 3. The average Bonchev–Trinajstić information content (AvgIpc) is 2.48. The van der Waals surface area contributed by atoms with Gasteiger partial charge in [0, 0.05) is 15.6 Å². The van der Waals surface area contributed by atoms with E-state index in [9.17, 15) is 9.90 Å². The highest BCUT2D eigenvalue weighted by Gasteiger charge is 2.11. The molecule has 0 radical (unpaired) electrons. The van der Waals surface area contributed by atoms with Gasteiger partial charge in [-0.2, -0.15) is 5.10 Å². The van der Waals surface area contributed by atoms with Crippen LogP contribution in [0.2, 0.25) is 0 Å². The van der Waals surface area contributed by atoms with E-state index < -0.39 is 0 Å². The second-order valence-corrected chi connectivity index (χ2v) is 6.51.